The molecule has 3 aromatic rings. The zero-order valence-electron chi connectivity index (χ0n) is 16.6. The summed E-state index contributed by atoms with van der Waals surface area (Å²) >= 11 is 0.729. The molecule has 0 spiro atoms. The molecule has 0 amide bonds. The molecule has 0 aliphatic carbocycles. The van der Waals surface area contributed by atoms with E-state index in [1.165, 1.54) is 25.3 Å². The molecule has 1 aliphatic heterocycles. The van der Waals surface area contributed by atoms with Crippen molar-refractivity contribution < 1.29 is 22.1 Å². The van der Waals surface area contributed by atoms with E-state index in [9.17, 15) is 17.6 Å². The van der Waals surface area contributed by atoms with E-state index in [2.05, 4.69) is 19.7 Å². The summed E-state index contributed by atoms with van der Waals surface area (Å²) in [6.45, 7) is 2.54. The summed E-state index contributed by atoms with van der Waals surface area (Å²) < 4.78 is 64.3. The predicted molar refractivity (Wildman–Crippen MR) is 111 cm³/mol. The summed E-state index contributed by atoms with van der Waals surface area (Å²) in [4.78, 5) is 1.65. The molecular weight excluding hydrogens is 432 g/mol. The highest BCUT2D eigenvalue weighted by Crippen LogP contribution is 2.30. The Hall–Kier alpha value is -2.72. The molecule has 1 fully saturated rings. The van der Waals surface area contributed by atoms with Gasteiger partial charge >= 0.3 is 0 Å². The van der Waals surface area contributed by atoms with Gasteiger partial charge in [0, 0.05) is 43.5 Å². The van der Waals surface area contributed by atoms with Crippen LogP contribution < -0.4 is 10.0 Å². The van der Waals surface area contributed by atoms with Crippen molar-refractivity contribution in [1.29, 1.82) is 0 Å². The number of benzene rings is 2. The van der Waals surface area contributed by atoms with E-state index in [0.717, 1.165) is 24.1 Å². The summed E-state index contributed by atoms with van der Waals surface area (Å²) in [7, 11) is 0. The van der Waals surface area contributed by atoms with Gasteiger partial charge in [0.05, 0.1) is 0 Å². The normalized spacial score (nSPS) is 15.5. The zero-order valence-corrected chi connectivity index (χ0v) is 17.4. The van der Waals surface area contributed by atoms with Crippen molar-refractivity contribution in [2.45, 2.75) is 30.6 Å². The van der Waals surface area contributed by atoms with Crippen LogP contribution >= 0.6 is 11.9 Å². The van der Waals surface area contributed by atoms with Crippen molar-refractivity contribution in [2.75, 3.05) is 23.1 Å². The average Bonchev–Trinajstić information content (AvgIpc) is 3.19. The highest BCUT2D eigenvalue weighted by molar-refractivity contribution is 8.00. The first-order valence-corrected chi connectivity index (χ1v) is 10.4. The van der Waals surface area contributed by atoms with Crippen LogP contribution in [0, 0.1) is 17.5 Å². The second-order valence-corrected chi connectivity index (χ2v) is 8.46. The van der Waals surface area contributed by atoms with Gasteiger partial charge in [-0.15, -0.1) is 0 Å². The van der Waals surface area contributed by atoms with Gasteiger partial charge in [-0.1, -0.05) is 17.3 Å². The second kappa shape index (κ2) is 8.80. The lowest BCUT2D eigenvalue weighted by Gasteiger charge is -2.42. The van der Waals surface area contributed by atoms with Crippen LogP contribution in [0.1, 0.15) is 18.1 Å². The molecule has 4 rings (SSSR count). The average molecular weight is 452 g/mol. The lowest BCUT2D eigenvalue weighted by Crippen LogP contribution is -2.56. The van der Waals surface area contributed by atoms with Crippen LogP contribution in [0.25, 0.3) is 0 Å². The molecule has 0 atom stereocenters. The van der Waals surface area contributed by atoms with E-state index < -0.39 is 23.1 Å². The van der Waals surface area contributed by atoms with Gasteiger partial charge in [0.25, 0.3) is 0 Å². The maximum absolute atomic E-state index is 14.4. The Kier molecular flexibility index (Phi) is 6.10. The number of hydrogen-bond donors (Lipinski definition) is 2. The third kappa shape index (κ3) is 5.13. The van der Waals surface area contributed by atoms with Crippen molar-refractivity contribution in [3.63, 3.8) is 0 Å². The van der Waals surface area contributed by atoms with E-state index in [0.29, 0.717) is 23.5 Å². The minimum atomic E-state index is -1.22. The third-order valence-corrected chi connectivity index (χ3v) is 5.78. The number of aromatic nitrogens is 1. The van der Waals surface area contributed by atoms with Crippen molar-refractivity contribution in [3.8, 4) is 0 Å². The molecule has 31 heavy (non-hydrogen) atoms. The Morgan fingerprint density at radius 2 is 1.87 bits per heavy atom. The molecule has 0 bridgehead atoms. The summed E-state index contributed by atoms with van der Waals surface area (Å²) in [5.74, 6) is -1.66. The van der Waals surface area contributed by atoms with Gasteiger partial charge in [-0.05, 0) is 42.6 Å². The molecule has 2 heterocycles. The number of alkyl halides is 1. The van der Waals surface area contributed by atoms with E-state index in [1.54, 1.807) is 12.1 Å². The molecule has 0 unspecified atom stereocenters. The minimum Gasteiger partial charge on any atom is -0.381 e. The Labute approximate surface area is 180 Å². The van der Waals surface area contributed by atoms with Gasteiger partial charge < -0.3 is 14.6 Å². The molecule has 0 saturated carbocycles. The summed E-state index contributed by atoms with van der Waals surface area (Å²) in [5.41, 5.74) is 0.0356. The van der Waals surface area contributed by atoms with Gasteiger partial charge in [-0.2, -0.15) is 0 Å². The third-order valence-electron chi connectivity index (χ3n) is 4.88. The number of nitrogens with one attached hydrogen (secondary N) is 2. The second-order valence-electron chi connectivity index (χ2n) is 7.65. The van der Waals surface area contributed by atoms with Gasteiger partial charge in [-0.3, -0.25) is 4.90 Å². The maximum atomic E-state index is 14.4. The number of anilines is 2. The molecule has 5 nitrogen and oxygen atoms in total. The lowest BCUT2D eigenvalue weighted by atomic mass is 9.97. The predicted octanol–water partition coefficient (Wildman–Crippen LogP) is 5.37. The SMILES string of the molecule is CC1(F)CN(Cc2cccc(F)c2CNc2cc(F)c(SNc3ccon3)c(F)c2)C1. The van der Waals surface area contributed by atoms with E-state index >= 15 is 0 Å². The molecule has 1 aromatic heterocycles. The van der Waals surface area contributed by atoms with Crippen LogP contribution in [0.3, 0.4) is 0 Å². The largest absolute Gasteiger partial charge is 0.381 e. The van der Waals surface area contributed by atoms with E-state index in [-0.39, 0.29) is 30.2 Å². The summed E-state index contributed by atoms with van der Waals surface area (Å²) in [6.07, 6.45) is 1.33. The highest BCUT2D eigenvalue weighted by atomic mass is 32.2. The smallest absolute Gasteiger partial charge is 0.179 e. The number of hydrogen-bond acceptors (Lipinski definition) is 6. The highest BCUT2D eigenvalue weighted by Gasteiger charge is 2.38. The first-order valence-electron chi connectivity index (χ1n) is 9.54. The van der Waals surface area contributed by atoms with Crippen LogP contribution in [0.4, 0.5) is 29.1 Å². The molecule has 1 aliphatic rings. The lowest BCUT2D eigenvalue weighted by molar-refractivity contribution is -0.0227. The molecule has 2 aromatic carbocycles. The molecule has 10 heteroatoms. The molecular formula is C21H20F4N4OS. The zero-order chi connectivity index (χ0) is 22.0. The Morgan fingerprint density at radius 1 is 1.13 bits per heavy atom. The Morgan fingerprint density at radius 3 is 2.52 bits per heavy atom. The van der Waals surface area contributed by atoms with Crippen molar-refractivity contribution in [2.24, 2.45) is 0 Å². The monoisotopic (exact) mass is 452 g/mol. The fraction of sp³-hybridized carbons (Fsp3) is 0.286. The number of halogens is 4. The van der Waals surface area contributed by atoms with Crippen LogP contribution in [0.5, 0.6) is 0 Å². The molecule has 2 N–H and O–H groups in total. The summed E-state index contributed by atoms with van der Waals surface area (Å²) in [5, 5.41) is 6.48. The van der Waals surface area contributed by atoms with Crippen molar-refractivity contribution in [1.82, 2.24) is 10.1 Å². The number of nitrogens with zero attached hydrogens (tertiary/aromatic N) is 2. The van der Waals surface area contributed by atoms with E-state index in [4.69, 9.17) is 0 Å². The van der Waals surface area contributed by atoms with Gasteiger partial charge in [0.2, 0.25) is 0 Å². The number of rotatable bonds is 8. The van der Waals surface area contributed by atoms with Crippen LogP contribution in [-0.4, -0.2) is 28.8 Å². The van der Waals surface area contributed by atoms with Crippen molar-refractivity contribution in [3.05, 3.63) is 71.2 Å². The van der Waals surface area contributed by atoms with Crippen molar-refractivity contribution >= 4 is 23.5 Å². The van der Waals surface area contributed by atoms with Crippen LogP contribution in [-0.2, 0) is 13.1 Å². The topological polar surface area (TPSA) is 53.3 Å². The molecule has 0 radical (unpaired) electrons. The summed E-state index contributed by atoms with van der Waals surface area (Å²) in [6, 6.07) is 8.48. The molecule has 1 saturated heterocycles. The fourth-order valence-electron chi connectivity index (χ4n) is 3.51. The van der Waals surface area contributed by atoms with E-state index in [1.807, 2.05) is 4.90 Å². The Balaban J connectivity index is 1.43. The first-order chi connectivity index (χ1) is 14.8. The fourth-order valence-corrected chi connectivity index (χ4v) is 4.13. The van der Waals surface area contributed by atoms with Gasteiger partial charge in [-0.25, -0.2) is 17.6 Å². The standard InChI is InChI=1S/C21H20F4N4OS/c1-21(25)11-29(12-21)10-13-3-2-4-16(22)15(13)9-26-14-7-17(23)20(18(24)8-14)31-28-19-5-6-30-27-19/h2-8,26H,9-12H2,1H3,(H,27,28). The first kappa shape index (κ1) is 21.5. The van der Waals surface area contributed by atoms with Crippen LogP contribution in [0.15, 0.2) is 52.1 Å². The minimum absolute atomic E-state index is 0.0330. The maximum Gasteiger partial charge on any atom is 0.179 e. The quantitative estimate of drug-likeness (QED) is 0.354. The van der Waals surface area contributed by atoms with Crippen LogP contribution in [0.2, 0.25) is 0 Å². The van der Waals surface area contributed by atoms with Gasteiger partial charge in [0.15, 0.2) is 5.82 Å². The van der Waals surface area contributed by atoms with Gasteiger partial charge in [0.1, 0.15) is 34.3 Å². The molecule has 164 valence electrons. The Bertz CT molecular complexity index is 1030. The number of likely N-dealkylation sites (tertiary alicyclic amines) is 1.